The Bertz CT molecular complexity index is 1030. The molecule has 0 aliphatic heterocycles. The van der Waals surface area contributed by atoms with E-state index in [9.17, 15) is 14.4 Å². The molecule has 30 heavy (non-hydrogen) atoms. The zero-order chi connectivity index (χ0) is 21.3. The molecule has 3 rings (SSSR count). The number of carbonyl (C=O) groups is 3. The lowest BCUT2D eigenvalue weighted by atomic mass is 10.2. The Morgan fingerprint density at radius 3 is 2.43 bits per heavy atom. The molecule has 0 aliphatic carbocycles. The Hall–Kier alpha value is -4.14. The average Bonchev–Trinajstić information content (AvgIpc) is 3.25. The molecular weight excluding hydrogens is 386 g/mol. The first-order valence-corrected chi connectivity index (χ1v) is 9.20. The molecule has 0 aliphatic rings. The van der Waals surface area contributed by atoms with E-state index in [-0.39, 0.29) is 23.8 Å². The second-order valence-corrected chi connectivity index (χ2v) is 6.40. The van der Waals surface area contributed by atoms with Gasteiger partial charge >= 0.3 is 0 Å². The summed E-state index contributed by atoms with van der Waals surface area (Å²) in [7, 11) is 0. The summed E-state index contributed by atoms with van der Waals surface area (Å²) in [6.07, 6.45) is 4.08. The lowest BCUT2D eigenvalue weighted by Crippen LogP contribution is -2.22. The molecule has 1 aromatic heterocycles. The second kappa shape index (κ2) is 9.87. The third-order valence-electron chi connectivity index (χ3n) is 4.12. The Balaban J connectivity index is 1.51. The van der Waals surface area contributed by atoms with Crippen LogP contribution in [-0.4, -0.2) is 34.3 Å². The van der Waals surface area contributed by atoms with Crippen LogP contribution >= 0.6 is 0 Å². The predicted molar refractivity (Wildman–Crippen MR) is 111 cm³/mol. The molecule has 3 aromatic rings. The molecule has 0 saturated carbocycles. The molecule has 0 fully saturated rings. The summed E-state index contributed by atoms with van der Waals surface area (Å²) in [5, 5.41) is 5.47. The van der Waals surface area contributed by atoms with Gasteiger partial charge in [-0.25, -0.2) is 4.98 Å². The fourth-order valence-electron chi connectivity index (χ4n) is 2.70. The van der Waals surface area contributed by atoms with E-state index >= 15 is 0 Å². The number of aromatic amines is 1. The van der Waals surface area contributed by atoms with E-state index in [0.717, 1.165) is 5.69 Å². The van der Waals surface area contributed by atoms with E-state index in [1.54, 1.807) is 55.0 Å². The Morgan fingerprint density at radius 1 is 1.00 bits per heavy atom. The number of amides is 3. The van der Waals surface area contributed by atoms with E-state index in [1.165, 1.54) is 6.07 Å². The van der Waals surface area contributed by atoms with Gasteiger partial charge in [0.15, 0.2) is 6.61 Å². The minimum atomic E-state index is -0.637. The fourth-order valence-corrected chi connectivity index (χ4v) is 2.70. The highest BCUT2D eigenvalue weighted by Crippen LogP contribution is 2.18. The lowest BCUT2D eigenvalue weighted by Gasteiger charge is -2.11. The van der Waals surface area contributed by atoms with Gasteiger partial charge in [0, 0.05) is 29.7 Å². The smallest absolute Gasteiger partial charge is 0.262 e. The third-order valence-corrected chi connectivity index (χ3v) is 4.12. The molecule has 9 nitrogen and oxygen atoms in total. The monoisotopic (exact) mass is 407 g/mol. The number of benzene rings is 2. The van der Waals surface area contributed by atoms with Crippen molar-refractivity contribution in [3.05, 3.63) is 72.3 Å². The zero-order valence-corrected chi connectivity index (χ0v) is 16.1. The standard InChI is InChI=1S/C21H21N5O4/c22-21(29)17-6-1-2-7-18(17)30-12-20(28)26-15-5-3-4-14(10-15)25-19(27)9-8-16-11-23-13-24-16/h1-7,10-11,13H,8-9,12H2,(H2,22,29)(H,23,24)(H,25,27)(H,26,28). The number of aryl methyl sites for hydroxylation is 1. The SMILES string of the molecule is NC(=O)c1ccccc1OCC(=O)Nc1cccc(NC(=O)CCc2cnc[nH]2)c1. The van der Waals surface area contributed by atoms with Crippen LogP contribution in [0.1, 0.15) is 22.5 Å². The number of aromatic nitrogens is 2. The number of carbonyl (C=O) groups excluding carboxylic acids is 3. The minimum Gasteiger partial charge on any atom is -0.483 e. The molecular formula is C21H21N5O4. The highest BCUT2D eigenvalue weighted by atomic mass is 16.5. The summed E-state index contributed by atoms with van der Waals surface area (Å²) in [5.74, 6) is -0.975. The van der Waals surface area contributed by atoms with Crippen LogP contribution in [0.25, 0.3) is 0 Å². The number of ether oxygens (including phenoxy) is 1. The van der Waals surface area contributed by atoms with Crippen LogP contribution in [0.5, 0.6) is 5.75 Å². The van der Waals surface area contributed by atoms with Crippen LogP contribution in [0.4, 0.5) is 11.4 Å². The third kappa shape index (κ3) is 5.93. The first kappa shape index (κ1) is 20.6. The molecule has 0 radical (unpaired) electrons. The number of nitrogens with two attached hydrogens (primary N) is 1. The molecule has 0 atom stereocenters. The van der Waals surface area contributed by atoms with E-state index in [2.05, 4.69) is 20.6 Å². The number of primary amides is 1. The van der Waals surface area contributed by atoms with Crippen molar-refractivity contribution in [3.8, 4) is 5.75 Å². The largest absolute Gasteiger partial charge is 0.483 e. The molecule has 2 aromatic carbocycles. The zero-order valence-electron chi connectivity index (χ0n) is 16.1. The molecule has 0 unspecified atom stereocenters. The van der Waals surface area contributed by atoms with Crippen molar-refractivity contribution in [1.29, 1.82) is 0 Å². The molecule has 3 amide bonds. The molecule has 154 valence electrons. The van der Waals surface area contributed by atoms with Gasteiger partial charge in [0.2, 0.25) is 5.91 Å². The van der Waals surface area contributed by atoms with E-state index in [1.807, 2.05) is 0 Å². The van der Waals surface area contributed by atoms with Crippen LogP contribution in [0.15, 0.2) is 61.1 Å². The summed E-state index contributed by atoms with van der Waals surface area (Å²) >= 11 is 0. The Kier molecular flexibility index (Phi) is 6.78. The Morgan fingerprint density at radius 2 is 1.73 bits per heavy atom. The van der Waals surface area contributed by atoms with Gasteiger partial charge in [0.25, 0.3) is 11.8 Å². The first-order valence-electron chi connectivity index (χ1n) is 9.20. The van der Waals surface area contributed by atoms with Crippen LogP contribution in [-0.2, 0) is 16.0 Å². The van der Waals surface area contributed by atoms with Crippen molar-refractivity contribution in [2.45, 2.75) is 12.8 Å². The number of nitrogens with zero attached hydrogens (tertiary/aromatic N) is 1. The van der Waals surface area contributed by atoms with Crippen molar-refractivity contribution < 1.29 is 19.1 Å². The van der Waals surface area contributed by atoms with Gasteiger partial charge in [-0.1, -0.05) is 18.2 Å². The maximum Gasteiger partial charge on any atom is 0.262 e. The first-order chi connectivity index (χ1) is 14.5. The fraction of sp³-hybridized carbons (Fsp3) is 0.143. The number of para-hydroxylation sites is 1. The predicted octanol–water partition coefficient (Wildman–Crippen LogP) is 2.10. The highest BCUT2D eigenvalue weighted by molar-refractivity contribution is 5.96. The van der Waals surface area contributed by atoms with Crippen LogP contribution in [0.3, 0.4) is 0 Å². The maximum absolute atomic E-state index is 12.2. The Labute approximate surface area is 172 Å². The highest BCUT2D eigenvalue weighted by Gasteiger charge is 2.11. The van der Waals surface area contributed by atoms with E-state index in [0.29, 0.717) is 24.2 Å². The minimum absolute atomic E-state index is 0.153. The number of imidazole rings is 1. The maximum atomic E-state index is 12.2. The van der Waals surface area contributed by atoms with Crippen molar-refractivity contribution in [2.24, 2.45) is 5.73 Å². The number of nitrogens with one attached hydrogen (secondary N) is 3. The van der Waals surface area contributed by atoms with Gasteiger partial charge in [-0.2, -0.15) is 0 Å². The quantitative estimate of drug-likeness (QED) is 0.430. The molecule has 0 saturated heterocycles. The molecule has 9 heteroatoms. The normalized spacial score (nSPS) is 10.3. The molecule has 5 N–H and O–H groups in total. The van der Waals surface area contributed by atoms with Crippen LogP contribution in [0.2, 0.25) is 0 Å². The van der Waals surface area contributed by atoms with Crippen molar-refractivity contribution in [3.63, 3.8) is 0 Å². The lowest BCUT2D eigenvalue weighted by molar-refractivity contribution is -0.118. The van der Waals surface area contributed by atoms with Crippen LogP contribution in [0, 0.1) is 0 Å². The number of anilines is 2. The summed E-state index contributed by atoms with van der Waals surface area (Å²) in [5.41, 5.74) is 7.43. The van der Waals surface area contributed by atoms with E-state index < -0.39 is 11.8 Å². The van der Waals surface area contributed by atoms with Gasteiger partial charge in [-0.05, 0) is 36.8 Å². The topological polar surface area (TPSA) is 139 Å². The van der Waals surface area contributed by atoms with Crippen LogP contribution < -0.4 is 21.1 Å². The number of hydrogen-bond acceptors (Lipinski definition) is 5. The summed E-state index contributed by atoms with van der Waals surface area (Å²) in [6.45, 7) is -0.301. The average molecular weight is 407 g/mol. The van der Waals surface area contributed by atoms with Crippen molar-refractivity contribution in [1.82, 2.24) is 9.97 Å². The number of H-pyrrole nitrogens is 1. The van der Waals surface area contributed by atoms with Gasteiger partial charge in [-0.3, -0.25) is 14.4 Å². The van der Waals surface area contributed by atoms with E-state index in [4.69, 9.17) is 10.5 Å². The van der Waals surface area contributed by atoms with Crippen molar-refractivity contribution >= 4 is 29.1 Å². The summed E-state index contributed by atoms with van der Waals surface area (Å²) < 4.78 is 5.40. The summed E-state index contributed by atoms with van der Waals surface area (Å²) in [4.78, 5) is 42.5. The molecule has 0 bridgehead atoms. The second-order valence-electron chi connectivity index (χ2n) is 6.40. The number of rotatable bonds is 9. The molecule has 1 heterocycles. The van der Waals surface area contributed by atoms with Gasteiger partial charge in [-0.15, -0.1) is 0 Å². The van der Waals surface area contributed by atoms with Gasteiger partial charge in [0.05, 0.1) is 11.9 Å². The number of hydrogen-bond donors (Lipinski definition) is 4. The molecule has 0 spiro atoms. The van der Waals surface area contributed by atoms with Crippen molar-refractivity contribution in [2.75, 3.05) is 17.2 Å². The van der Waals surface area contributed by atoms with Gasteiger partial charge in [0.1, 0.15) is 5.75 Å². The summed E-state index contributed by atoms with van der Waals surface area (Å²) in [6, 6.07) is 13.2. The van der Waals surface area contributed by atoms with Gasteiger partial charge < -0.3 is 26.1 Å².